The van der Waals surface area contributed by atoms with E-state index in [4.69, 9.17) is 17.0 Å². The third kappa shape index (κ3) is 6.18. The highest BCUT2D eigenvalue weighted by Gasteiger charge is 2.31. The van der Waals surface area contributed by atoms with Gasteiger partial charge in [0.2, 0.25) is 5.91 Å². The molecule has 1 aliphatic heterocycles. The number of thiocarbonyl (C=S) groups is 1. The van der Waals surface area contributed by atoms with Gasteiger partial charge >= 0.3 is 0 Å². The first-order chi connectivity index (χ1) is 15.5. The van der Waals surface area contributed by atoms with Gasteiger partial charge in [-0.25, -0.2) is 0 Å². The third-order valence-corrected chi connectivity index (χ3v) is 6.21. The highest BCUT2D eigenvalue weighted by Crippen LogP contribution is 2.33. The molecule has 168 valence electrons. The maximum absolute atomic E-state index is 12.8. The largest absolute Gasteiger partial charge is 0.494 e. The number of hydrogen-bond acceptors (Lipinski definition) is 6. The van der Waals surface area contributed by atoms with Gasteiger partial charge in [0, 0.05) is 25.2 Å². The molecule has 0 bridgehead atoms. The van der Waals surface area contributed by atoms with E-state index in [1.807, 2.05) is 67.6 Å². The number of aliphatic hydroxyl groups is 1. The van der Waals surface area contributed by atoms with Crippen molar-refractivity contribution in [3.05, 3.63) is 65.1 Å². The predicted octanol–water partition coefficient (Wildman–Crippen LogP) is 4.09. The normalized spacial score (nSPS) is 14.8. The monoisotopic (exact) mass is 470 g/mol. The highest BCUT2D eigenvalue weighted by molar-refractivity contribution is 8.26. The molecule has 3 rings (SSSR count). The molecule has 1 aliphatic rings. The van der Waals surface area contributed by atoms with Crippen LogP contribution in [0.15, 0.2) is 59.5 Å². The van der Waals surface area contributed by atoms with Crippen LogP contribution in [0.25, 0.3) is 6.08 Å². The van der Waals surface area contributed by atoms with Crippen LogP contribution in [0.3, 0.4) is 0 Å². The molecule has 0 atom stereocenters. The summed E-state index contributed by atoms with van der Waals surface area (Å²) in [5, 5.41) is 9.33. The van der Waals surface area contributed by atoms with Crippen molar-refractivity contribution < 1.29 is 19.4 Å². The molecule has 1 heterocycles. The minimum Gasteiger partial charge on any atom is -0.494 e. The lowest BCUT2D eigenvalue weighted by atomic mass is 10.2. The molecule has 1 saturated heterocycles. The van der Waals surface area contributed by atoms with Crippen molar-refractivity contribution in [3.63, 3.8) is 0 Å². The number of aliphatic hydroxyl groups excluding tert-OH is 1. The molecule has 2 amide bonds. The predicted molar refractivity (Wildman–Crippen MR) is 133 cm³/mol. The fourth-order valence-electron chi connectivity index (χ4n) is 3.30. The second-order valence-electron chi connectivity index (χ2n) is 7.04. The Hall–Kier alpha value is -2.68. The number of thioether (sulfide) groups is 1. The summed E-state index contributed by atoms with van der Waals surface area (Å²) in [7, 11) is 0. The van der Waals surface area contributed by atoms with Crippen LogP contribution in [0.4, 0.5) is 5.69 Å². The summed E-state index contributed by atoms with van der Waals surface area (Å²) in [5.41, 5.74) is 1.64. The van der Waals surface area contributed by atoms with E-state index in [0.717, 1.165) is 17.0 Å². The number of carbonyl (C=O) groups is 2. The van der Waals surface area contributed by atoms with E-state index in [1.54, 1.807) is 9.80 Å². The maximum atomic E-state index is 12.8. The van der Waals surface area contributed by atoms with E-state index in [2.05, 4.69) is 0 Å². The van der Waals surface area contributed by atoms with Crippen LogP contribution in [0.5, 0.6) is 5.75 Å². The van der Waals surface area contributed by atoms with E-state index < -0.39 is 0 Å². The second kappa shape index (κ2) is 11.8. The van der Waals surface area contributed by atoms with E-state index in [1.165, 1.54) is 11.8 Å². The zero-order chi connectivity index (χ0) is 22.9. The van der Waals surface area contributed by atoms with Crippen molar-refractivity contribution in [1.29, 1.82) is 0 Å². The van der Waals surface area contributed by atoms with Crippen LogP contribution in [-0.4, -0.2) is 52.4 Å². The van der Waals surface area contributed by atoms with Crippen LogP contribution in [-0.2, 0) is 9.59 Å². The number of rotatable bonds is 10. The molecular weight excluding hydrogens is 444 g/mol. The fourth-order valence-corrected chi connectivity index (χ4v) is 4.61. The number of hydrogen-bond donors (Lipinski definition) is 1. The topological polar surface area (TPSA) is 70.1 Å². The second-order valence-corrected chi connectivity index (χ2v) is 8.72. The minimum absolute atomic E-state index is 0.0966. The zero-order valence-electron chi connectivity index (χ0n) is 17.9. The molecular formula is C24H26N2O4S2. The van der Waals surface area contributed by atoms with Crippen molar-refractivity contribution in [1.82, 2.24) is 4.90 Å². The van der Waals surface area contributed by atoms with Crippen molar-refractivity contribution in [3.8, 4) is 5.75 Å². The lowest BCUT2D eigenvalue weighted by molar-refractivity contribution is -0.123. The van der Waals surface area contributed by atoms with Gasteiger partial charge in [0.05, 0.1) is 18.1 Å². The number of anilines is 1. The molecule has 32 heavy (non-hydrogen) atoms. The molecule has 8 heteroatoms. The number of ether oxygens (including phenoxy) is 1. The summed E-state index contributed by atoms with van der Waals surface area (Å²) in [5.74, 6) is 0.546. The molecule has 6 nitrogen and oxygen atoms in total. The zero-order valence-corrected chi connectivity index (χ0v) is 19.5. The summed E-state index contributed by atoms with van der Waals surface area (Å²) in [6, 6.07) is 16.8. The van der Waals surface area contributed by atoms with Gasteiger partial charge < -0.3 is 14.7 Å². The number of carbonyl (C=O) groups excluding carboxylic acids is 2. The quantitative estimate of drug-likeness (QED) is 0.417. The number of benzene rings is 2. The van der Waals surface area contributed by atoms with Gasteiger partial charge in [0.1, 0.15) is 10.1 Å². The Labute approximate surface area is 197 Å². The average molecular weight is 471 g/mol. The molecule has 0 aromatic heterocycles. The van der Waals surface area contributed by atoms with Crippen LogP contribution in [0.2, 0.25) is 0 Å². The summed E-state index contributed by atoms with van der Waals surface area (Å²) in [6.45, 7) is 3.02. The molecule has 2 aromatic carbocycles. The van der Waals surface area contributed by atoms with E-state index >= 15 is 0 Å². The lowest BCUT2D eigenvalue weighted by Crippen LogP contribution is -2.35. The Bertz CT molecular complexity index is 977. The Balaban J connectivity index is 1.57. The van der Waals surface area contributed by atoms with Crippen molar-refractivity contribution >= 4 is 51.9 Å². The number of amides is 2. The molecule has 1 fully saturated rings. The first-order valence-corrected chi connectivity index (χ1v) is 11.7. The Morgan fingerprint density at radius 3 is 2.56 bits per heavy atom. The Morgan fingerprint density at radius 1 is 1.19 bits per heavy atom. The molecule has 0 spiro atoms. The summed E-state index contributed by atoms with van der Waals surface area (Å²) < 4.78 is 5.94. The van der Waals surface area contributed by atoms with Crippen molar-refractivity contribution in [2.75, 3.05) is 31.2 Å². The lowest BCUT2D eigenvalue weighted by Gasteiger charge is -2.22. The SMILES string of the molecule is CCOc1ccc(/C=C2/SC(=S)N(CCCC(=O)N(CCO)c3ccccc3)C2=O)cc1. The van der Waals surface area contributed by atoms with Gasteiger partial charge in [-0.15, -0.1) is 0 Å². The fraction of sp³-hybridized carbons (Fsp3) is 0.292. The number of nitrogens with zero attached hydrogens (tertiary/aromatic N) is 2. The van der Waals surface area contributed by atoms with Gasteiger partial charge in [0.25, 0.3) is 5.91 Å². The average Bonchev–Trinajstić information content (AvgIpc) is 3.06. The smallest absolute Gasteiger partial charge is 0.266 e. The molecule has 0 aliphatic carbocycles. The summed E-state index contributed by atoms with van der Waals surface area (Å²) in [6.07, 6.45) is 2.55. The van der Waals surface area contributed by atoms with Gasteiger partial charge in [-0.2, -0.15) is 0 Å². The third-order valence-electron chi connectivity index (χ3n) is 4.83. The van der Waals surface area contributed by atoms with E-state index in [0.29, 0.717) is 28.8 Å². The first-order valence-electron chi connectivity index (χ1n) is 10.5. The molecule has 0 unspecified atom stereocenters. The van der Waals surface area contributed by atoms with Crippen molar-refractivity contribution in [2.45, 2.75) is 19.8 Å². The van der Waals surface area contributed by atoms with Crippen LogP contribution in [0, 0.1) is 0 Å². The Kier molecular flexibility index (Phi) is 8.84. The summed E-state index contributed by atoms with van der Waals surface area (Å²) in [4.78, 5) is 29.2. The molecule has 0 radical (unpaired) electrons. The van der Waals surface area contributed by atoms with Crippen molar-refractivity contribution in [2.24, 2.45) is 0 Å². The molecule has 1 N–H and O–H groups in total. The van der Waals surface area contributed by atoms with Crippen LogP contribution in [0.1, 0.15) is 25.3 Å². The van der Waals surface area contributed by atoms with E-state index in [-0.39, 0.29) is 31.4 Å². The van der Waals surface area contributed by atoms with Gasteiger partial charge in [0.15, 0.2) is 0 Å². The van der Waals surface area contributed by atoms with E-state index in [9.17, 15) is 14.7 Å². The highest BCUT2D eigenvalue weighted by atomic mass is 32.2. The van der Waals surface area contributed by atoms with Gasteiger partial charge in [-0.1, -0.05) is 54.3 Å². The standard InChI is InChI=1S/C24H26N2O4S2/c1-2-30-20-12-10-18(11-13-20)17-21-23(29)26(24(31)32-21)14-6-9-22(28)25(15-16-27)19-7-4-3-5-8-19/h3-5,7-8,10-13,17,27H,2,6,9,14-16H2,1H3/b21-17+. The summed E-state index contributed by atoms with van der Waals surface area (Å²) >= 11 is 6.66. The van der Waals surface area contributed by atoms with Gasteiger partial charge in [-0.3, -0.25) is 14.5 Å². The maximum Gasteiger partial charge on any atom is 0.266 e. The van der Waals surface area contributed by atoms with Crippen LogP contribution < -0.4 is 9.64 Å². The number of para-hydroxylation sites is 1. The van der Waals surface area contributed by atoms with Gasteiger partial charge in [-0.05, 0) is 49.2 Å². The molecule has 2 aromatic rings. The molecule has 0 saturated carbocycles. The first kappa shape index (κ1) is 24.0. The minimum atomic E-state index is -0.142. The Morgan fingerprint density at radius 2 is 1.91 bits per heavy atom. The van der Waals surface area contributed by atoms with Crippen LogP contribution >= 0.6 is 24.0 Å².